The van der Waals surface area contributed by atoms with E-state index in [1.54, 1.807) is 17.3 Å². The van der Waals surface area contributed by atoms with Gasteiger partial charge in [-0.1, -0.05) is 54.6 Å². The van der Waals surface area contributed by atoms with Gasteiger partial charge in [-0.25, -0.2) is 0 Å². The standard InChI is InChI=1S/C23H21N3O2/c27-22(25-15-18-9-6-12-24-14-18)21(13-17-7-2-1-3-8-17)26-16-19-10-4-5-11-20(19)23(26)28/h1-12,14,21H,13,15-16H2,(H,25,27)/t21-/m0/s1. The lowest BCUT2D eigenvalue weighted by molar-refractivity contribution is -0.125. The first-order valence-corrected chi connectivity index (χ1v) is 9.32. The van der Waals surface area contributed by atoms with E-state index in [1.807, 2.05) is 66.7 Å². The van der Waals surface area contributed by atoms with Crippen molar-refractivity contribution in [2.45, 2.75) is 25.6 Å². The average molecular weight is 371 g/mol. The number of nitrogens with zero attached hydrogens (tertiary/aromatic N) is 2. The quantitative estimate of drug-likeness (QED) is 0.725. The molecule has 0 spiro atoms. The molecule has 2 heterocycles. The van der Waals surface area contributed by atoms with Crippen LogP contribution in [0.2, 0.25) is 0 Å². The molecule has 28 heavy (non-hydrogen) atoms. The summed E-state index contributed by atoms with van der Waals surface area (Å²) in [5.74, 6) is -0.248. The molecule has 140 valence electrons. The number of hydrogen-bond acceptors (Lipinski definition) is 3. The van der Waals surface area contributed by atoms with E-state index in [0.29, 0.717) is 25.1 Å². The summed E-state index contributed by atoms with van der Waals surface area (Å²) in [6.07, 6.45) is 3.90. The van der Waals surface area contributed by atoms with Crippen molar-refractivity contribution in [3.05, 3.63) is 101 Å². The minimum atomic E-state index is -0.570. The Hall–Kier alpha value is -3.47. The molecule has 0 saturated carbocycles. The number of pyridine rings is 1. The van der Waals surface area contributed by atoms with Crippen LogP contribution in [0.4, 0.5) is 0 Å². The number of amides is 2. The Morgan fingerprint density at radius 2 is 1.75 bits per heavy atom. The lowest BCUT2D eigenvalue weighted by Crippen LogP contribution is -2.48. The molecule has 0 bridgehead atoms. The molecule has 2 aromatic carbocycles. The summed E-state index contributed by atoms with van der Waals surface area (Å²) < 4.78 is 0. The summed E-state index contributed by atoms with van der Waals surface area (Å²) in [5, 5.41) is 2.97. The lowest BCUT2D eigenvalue weighted by Gasteiger charge is -2.27. The summed E-state index contributed by atoms with van der Waals surface area (Å²) in [4.78, 5) is 31.8. The fourth-order valence-corrected chi connectivity index (χ4v) is 3.52. The third-order valence-electron chi connectivity index (χ3n) is 4.99. The van der Waals surface area contributed by atoms with Gasteiger partial charge in [-0.3, -0.25) is 14.6 Å². The molecule has 4 rings (SSSR count). The molecule has 0 unspecified atom stereocenters. The Morgan fingerprint density at radius 1 is 1.00 bits per heavy atom. The first kappa shape index (κ1) is 17.9. The van der Waals surface area contributed by atoms with Crippen molar-refractivity contribution >= 4 is 11.8 Å². The molecule has 5 heteroatoms. The Balaban J connectivity index is 1.55. The fraction of sp³-hybridized carbons (Fsp3) is 0.174. The molecule has 1 N–H and O–H groups in total. The van der Waals surface area contributed by atoms with Crippen molar-refractivity contribution < 1.29 is 9.59 Å². The lowest BCUT2D eigenvalue weighted by atomic mass is 10.0. The molecular weight excluding hydrogens is 350 g/mol. The van der Waals surface area contributed by atoms with Gasteiger partial charge in [0.1, 0.15) is 6.04 Å². The van der Waals surface area contributed by atoms with Crippen molar-refractivity contribution in [3.8, 4) is 0 Å². The number of fused-ring (bicyclic) bond motifs is 1. The van der Waals surface area contributed by atoms with Crippen LogP contribution in [0.15, 0.2) is 79.1 Å². The molecule has 0 radical (unpaired) electrons. The van der Waals surface area contributed by atoms with Gasteiger partial charge < -0.3 is 10.2 Å². The largest absolute Gasteiger partial charge is 0.350 e. The van der Waals surface area contributed by atoms with Crippen molar-refractivity contribution in [2.24, 2.45) is 0 Å². The van der Waals surface area contributed by atoms with Crippen LogP contribution in [-0.2, 0) is 24.3 Å². The number of nitrogens with one attached hydrogen (secondary N) is 1. The number of benzene rings is 2. The first-order chi connectivity index (χ1) is 13.7. The van der Waals surface area contributed by atoms with Gasteiger partial charge in [0.2, 0.25) is 5.91 Å². The maximum absolute atomic E-state index is 13.1. The van der Waals surface area contributed by atoms with E-state index >= 15 is 0 Å². The second kappa shape index (κ2) is 8.05. The van der Waals surface area contributed by atoms with Crippen molar-refractivity contribution in [2.75, 3.05) is 0 Å². The van der Waals surface area contributed by atoms with Crippen LogP contribution in [0.1, 0.15) is 27.0 Å². The minimum absolute atomic E-state index is 0.0898. The zero-order chi connectivity index (χ0) is 19.3. The monoisotopic (exact) mass is 371 g/mol. The van der Waals surface area contributed by atoms with Gasteiger partial charge in [0.15, 0.2) is 0 Å². The van der Waals surface area contributed by atoms with Gasteiger partial charge in [0, 0.05) is 37.5 Å². The van der Waals surface area contributed by atoms with Crippen LogP contribution in [0, 0.1) is 0 Å². The third kappa shape index (κ3) is 3.78. The molecule has 0 aliphatic carbocycles. The fourth-order valence-electron chi connectivity index (χ4n) is 3.52. The summed E-state index contributed by atoms with van der Waals surface area (Å²) >= 11 is 0. The Labute approximate surface area is 164 Å². The van der Waals surface area contributed by atoms with Crippen molar-refractivity contribution in [1.29, 1.82) is 0 Å². The van der Waals surface area contributed by atoms with Gasteiger partial charge in [0.05, 0.1) is 0 Å². The number of carbonyl (C=O) groups is 2. The van der Waals surface area contributed by atoms with Crippen molar-refractivity contribution in [1.82, 2.24) is 15.2 Å². The van der Waals surface area contributed by atoms with E-state index in [4.69, 9.17) is 0 Å². The van der Waals surface area contributed by atoms with E-state index in [-0.39, 0.29) is 11.8 Å². The number of carbonyl (C=O) groups excluding carboxylic acids is 2. The van der Waals surface area contributed by atoms with E-state index in [0.717, 1.165) is 16.7 Å². The molecule has 0 fully saturated rings. The van der Waals surface area contributed by atoms with Gasteiger partial charge in [-0.15, -0.1) is 0 Å². The normalized spacial score (nSPS) is 13.9. The number of rotatable bonds is 6. The highest BCUT2D eigenvalue weighted by Gasteiger charge is 2.36. The molecule has 1 aliphatic rings. The molecular formula is C23H21N3O2. The van der Waals surface area contributed by atoms with E-state index in [9.17, 15) is 9.59 Å². The number of aromatic nitrogens is 1. The van der Waals surface area contributed by atoms with Crippen LogP contribution in [0.5, 0.6) is 0 Å². The maximum Gasteiger partial charge on any atom is 0.255 e. The highest BCUT2D eigenvalue weighted by atomic mass is 16.2. The zero-order valence-corrected chi connectivity index (χ0v) is 15.4. The number of hydrogen-bond donors (Lipinski definition) is 1. The Kier molecular flexibility index (Phi) is 5.15. The first-order valence-electron chi connectivity index (χ1n) is 9.32. The van der Waals surface area contributed by atoms with Crippen LogP contribution in [0.3, 0.4) is 0 Å². The van der Waals surface area contributed by atoms with Crippen LogP contribution < -0.4 is 5.32 Å². The highest BCUT2D eigenvalue weighted by Crippen LogP contribution is 2.26. The molecule has 2 amide bonds. The van der Waals surface area contributed by atoms with Gasteiger partial charge in [-0.05, 0) is 28.8 Å². The highest BCUT2D eigenvalue weighted by molar-refractivity contribution is 6.01. The SMILES string of the molecule is O=C(NCc1cccnc1)[C@H](Cc1ccccc1)N1Cc2ccccc2C1=O. The topological polar surface area (TPSA) is 62.3 Å². The van der Waals surface area contributed by atoms with Gasteiger partial charge >= 0.3 is 0 Å². The molecule has 5 nitrogen and oxygen atoms in total. The molecule has 1 aromatic heterocycles. The predicted molar refractivity (Wildman–Crippen MR) is 106 cm³/mol. The smallest absolute Gasteiger partial charge is 0.255 e. The summed E-state index contributed by atoms with van der Waals surface area (Å²) in [6.45, 7) is 0.833. The zero-order valence-electron chi connectivity index (χ0n) is 15.4. The third-order valence-corrected chi connectivity index (χ3v) is 4.99. The second-order valence-corrected chi connectivity index (χ2v) is 6.87. The van der Waals surface area contributed by atoms with Crippen LogP contribution in [0.25, 0.3) is 0 Å². The molecule has 1 aliphatic heterocycles. The summed E-state index contributed by atoms with van der Waals surface area (Å²) in [6, 6.07) is 20.5. The van der Waals surface area contributed by atoms with E-state index in [2.05, 4.69) is 10.3 Å². The van der Waals surface area contributed by atoms with Crippen LogP contribution in [-0.4, -0.2) is 27.7 Å². The average Bonchev–Trinajstić information content (AvgIpc) is 3.08. The van der Waals surface area contributed by atoms with Crippen LogP contribution >= 0.6 is 0 Å². The van der Waals surface area contributed by atoms with E-state index in [1.165, 1.54) is 0 Å². The molecule has 3 aromatic rings. The Bertz CT molecular complexity index is 973. The Morgan fingerprint density at radius 3 is 2.50 bits per heavy atom. The van der Waals surface area contributed by atoms with Gasteiger partial charge in [0.25, 0.3) is 5.91 Å². The summed E-state index contributed by atoms with van der Waals surface area (Å²) in [5.41, 5.74) is 3.59. The van der Waals surface area contributed by atoms with Gasteiger partial charge in [-0.2, -0.15) is 0 Å². The molecule has 0 saturated heterocycles. The maximum atomic E-state index is 13.1. The summed E-state index contributed by atoms with van der Waals surface area (Å²) in [7, 11) is 0. The predicted octanol–water partition coefficient (Wildman–Crippen LogP) is 2.97. The van der Waals surface area contributed by atoms with Crippen molar-refractivity contribution in [3.63, 3.8) is 0 Å². The molecule has 1 atom stereocenters. The van der Waals surface area contributed by atoms with E-state index < -0.39 is 6.04 Å². The second-order valence-electron chi connectivity index (χ2n) is 6.87. The minimum Gasteiger partial charge on any atom is -0.350 e.